The molecule has 2 heterocycles. The molecule has 1 saturated heterocycles. The maximum Gasteiger partial charge on any atom is 0.276 e. The van der Waals surface area contributed by atoms with E-state index in [4.69, 9.17) is 28.6 Å². The van der Waals surface area contributed by atoms with Crippen molar-refractivity contribution < 1.29 is 9.53 Å². The molecule has 1 N–H and O–H groups in total. The minimum absolute atomic E-state index is 0.111. The third-order valence-corrected chi connectivity index (χ3v) is 6.01. The predicted molar refractivity (Wildman–Crippen MR) is 128 cm³/mol. The van der Waals surface area contributed by atoms with E-state index in [0.717, 1.165) is 20.9 Å². The molecular formula is C22H19BrClN3O2S. The number of halogens is 2. The van der Waals surface area contributed by atoms with Crippen molar-refractivity contribution in [3.63, 3.8) is 0 Å². The van der Waals surface area contributed by atoms with Gasteiger partial charge < -0.3 is 14.6 Å². The smallest absolute Gasteiger partial charge is 0.276 e. The Bertz CT molecular complexity index is 1170. The Balaban J connectivity index is 1.63. The molecule has 4 rings (SSSR count). The lowest BCUT2D eigenvalue weighted by Crippen LogP contribution is -2.30. The summed E-state index contributed by atoms with van der Waals surface area (Å²) >= 11 is 15.0. The lowest BCUT2D eigenvalue weighted by Gasteiger charge is -2.09. The Morgan fingerprint density at radius 3 is 2.80 bits per heavy atom. The van der Waals surface area contributed by atoms with Gasteiger partial charge in [-0.1, -0.05) is 39.7 Å². The van der Waals surface area contributed by atoms with Crippen molar-refractivity contribution in [2.24, 2.45) is 0 Å². The lowest BCUT2D eigenvalue weighted by atomic mass is 10.1. The van der Waals surface area contributed by atoms with E-state index in [2.05, 4.69) is 25.8 Å². The Morgan fingerprint density at radius 2 is 2.07 bits per heavy atom. The molecule has 0 atom stereocenters. The van der Waals surface area contributed by atoms with E-state index >= 15 is 0 Å². The fourth-order valence-electron chi connectivity index (χ4n) is 3.43. The summed E-state index contributed by atoms with van der Waals surface area (Å²) in [7, 11) is 0. The van der Waals surface area contributed by atoms with E-state index in [1.807, 2.05) is 55.6 Å². The molecule has 5 nitrogen and oxygen atoms in total. The van der Waals surface area contributed by atoms with Gasteiger partial charge in [0.05, 0.1) is 11.6 Å². The van der Waals surface area contributed by atoms with E-state index < -0.39 is 0 Å². The van der Waals surface area contributed by atoms with Gasteiger partial charge in [-0.05, 0) is 55.5 Å². The predicted octanol–water partition coefficient (Wildman–Crippen LogP) is 5.21. The summed E-state index contributed by atoms with van der Waals surface area (Å²) in [6, 6.07) is 13.5. The molecule has 154 valence electrons. The van der Waals surface area contributed by atoms with Crippen LogP contribution in [0.25, 0.3) is 17.0 Å². The molecule has 1 aliphatic heterocycles. The average Bonchev–Trinajstić information content (AvgIpc) is 3.19. The van der Waals surface area contributed by atoms with E-state index in [-0.39, 0.29) is 5.91 Å². The first-order valence-electron chi connectivity index (χ1n) is 9.48. The van der Waals surface area contributed by atoms with Gasteiger partial charge in [-0.15, -0.1) is 0 Å². The number of hydrogen-bond donors (Lipinski definition) is 1. The van der Waals surface area contributed by atoms with Gasteiger partial charge in [0.15, 0.2) is 5.11 Å². The van der Waals surface area contributed by atoms with Gasteiger partial charge >= 0.3 is 0 Å². The number of likely N-dealkylation sites (N-methyl/N-ethyl adjacent to an activating group) is 1. The highest BCUT2D eigenvalue weighted by Crippen LogP contribution is 2.28. The van der Waals surface area contributed by atoms with Crippen LogP contribution >= 0.6 is 39.7 Å². The standard InChI is InChI=1S/C22H19BrClN3O2S/c1-2-27-21(28)18(25-22(27)30)11-14-13-26(19-8-7-15(23)12-16(14)19)9-10-29-20-6-4-3-5-17(20)24/h3-8,11-13H,2,9-10H2,1H3,(H,25,30)/b18-11-. The fraction of sp³-hybridized carbons (Fsp3) is 0.182. The number of nitrogens with one attached hydrogen (secondary N) is 1. The number of hydrogen-bond acceptors (Lipinski definition) is 3. The molecule has 30 heavy (non-hydrogen) atoms. The minimum atomic E-state index is -0.111. The molecule has 1 aromatic heterocycles. The van der Waals surface area contributed by atoms with Gasteiger partial charge in [-0.2, -0.15) is 0 Å². The molecule has 1 fully saturated rings. The van der Waals surface area contributed by atoms with Crippen LogP contribution in [0.1, 0.15) is 12.5 Å². The number of benzene rings is 2. The van der Waals surface area contributed by atoms with E-state index in [0.29, 0.717) is 41.3 Å². The number of nitrogens with zero attached hydrogens (tertiary/aromatic N) is 2. The zero-order chi connectivity index (χ0) is 21.3. The number of rotatable bonds is 6. The Labute approximate surface area is 193 Å². The topological polar surface area (TPSA) is 46.5 Å². The monoisotopic (exact) mass is 503 g/mol. The first-order chi connectivity index (χ1) is 14.5. The number of fused-ring (bicyclic) bond motifs is 1. The molecule has 1 aliphatic rings. The lowest BCUT2D eigenvalue weighted by molar-refractivity contribution is -0.122. The Morgan fingerprint density at radius 1 is 1.27 bits per heavy atom. The highest BCUT2D eigenvalue weighted by atomic mass is 79.9. The quantitative estimate of drug-likeness (QED) is 0.370. The van der Waals surface area contributed by atoms with Crippen LogP contribution in [0.15, 0.2) is 58.8 Å². The molecule has 1 amide bonds. The summed E-state index contributed by atoms with van der Waals surface area (Å²) < 4.78 is 8.93. The van der Waals surface area contributed by atoms with E-state index in [1.165, 1.54) is 0 Å². The second-order valence-corrected chi connectivity index (χ2v) is 8.47. The van der Waals surface area contributed by atoms with Crippen LogP contribution in [0.4, 0.5) is 0 Å². The highest BCUT2D eigenvalue weighted by molar-refractivity contribution is 9.10. The highest BCUT2D eigenvalue weighted by Gasteiger charge is 2.29. The van der Waals surface area contributed by atoms with Crippen LogP contribution in [-0.2, 0) is 11.3 Å². The Kier molecular flexibility index (Phi) is 6.13. The van der Waals surface area contributed by atoms with Gasteiger partial charge in [0.1, 0.15) is 18.1 Å². The summed E-state index contributed by atoms with van der Waals surface area (Å²) in [5, 5.41) is 5.08. The van der Waals surface area contributed by atoms with Crippen LogP contribution in [0.3, 0.4) is 0 Å². The van der Waals surface area contributed by atoms with Crippen LogP contribution in [0, 0.1) is 0 Å². The minimum Gasteiger partial charge on any atom is -0.490 e. The average molecular weight is 505 g/mol. The molecule has 3 aromatic rings. The van der Waals surface area contributed by atoms with Gasteiger partial charge in [-0.25, -0.2) is 0 Å². The molecular weight excluding hydrogens is 486 g/mol. The molecule has 0 radical (unpaired) electrons. The van der Waals surface area contributed by atoms with Crippen molar-refractivity contribution in [3.05, 3.63) is 69.4 Å². The largest absolute Gasteiger partial charge is 0.490 e. The summed E-state index contributed by atoms with van der Waals surface area (Å²) in [5.74, 6) is 0.551. The zero-order valence-electron chi connectivity index (χ0n) is 16.2. The fourth-order valence-corrected chi connectivity index (χ4v) is 4.30. The van der Waals surface area contributed by atoms with Crippen LogP contribution < -0.4 is 10.1 Å². The number of thiocarbonyl (C=S) groups is 1. The first kappa shape index (κ1) is 20.9. The molecule has 8 heteroatoms. The van der Waals surface area contributed by atoms with Crippen molar-refractivity contribution in [3.8, 4) is 5.75 Å². The normalized spacial score (nSPS) is 15.3. The number of carbonyl (C=O) groups excluding carboxylic acids is 1. The molecule has 0 bridgehead atoms. The number of aromatic nitrogens is 1. The number of para-hydroxylation sites is 1. The molecule has 0 aliphatic carbocycles. The van der Waals surface area contributed by atoms with Crippen molar-refractivity contribution >= 4 is 67.7 Å². The summed E-state index contributed by atoms with van der Waals surface area (Å²) in [5.41, 5.74) is 2.46. The maximum atomic E-state index is 12.6. The van der Waals surface area contributed by atoms with E-state index in [9.17, 15) is 4.79 Å². The van der Waals surface area contributed by atoms with Gasteiger partial charge in [0.25, 0.3) is 5.91 Å². The first-order valence-corrected chi connectivity index (χ1v) is 11.1. The third kappa shape index (κ3) is 4.10. The maximum absolute atomic E-state index is 12.6. The molecule has 0 spiro atoms. The van der Waals surface area contributed by atoms with Crippen molar-refractivity contribution in [1.82, 2.24) is 14.8 Å². The van der Waals surface area contributed by atoms with E-state index in [1.54, 1.807) is 11.0 Å². The SMILES string of the molecule is CCN1C(=O)/C(=C/c2cn(CCOc3ccccc3Cl)c3ccc(Br)cc23)NC1=S. The van der Waals surface area contributed by atoms with Gasteiger partial charge in [0.2, 0.25) is 0 Å². The van der Waals surface area contributed by atoms with Gasteiger partial charge in [0, 0.05) is 33.7 Å². The van der Waals surface area contributed by atoms with Crippen molar-refractivity contribution in [1.29, 1.82) is 0 Å². The summed E-state index contributed by atoms with van der Waals surface area (Å²) in [6.07, 6.45) is 3.87. The second-order valence-electron chi connectivity index (χ2n) is 6.76. The molecule has 0 saturated carbocycles. The van der Waals surface area contributed by atoms with Crippen LogP contribution in [0.2, 0.25) is 5.02 Å². The van der Waals surface area contributed by atoms with Crippen LogP contribution in [-0.4, -0.2) is 33.6 Å². The number of carbonyl (C=O) groups is 1. The number of ether oxygens (including phenoxy) is 1. The van der Waals surface area contributed by atoms with Crippen molar-refractivity contribution in [2.75, 3.05) is 13.2 Å². The third-order valence-electron chi connectivity index (χ3n) is 4.88. The van der Waals surface area contributed by atoms with Crippen LogP contribution in [0.5, 0.6) is 5.75 Å². The number of amides is 1. The summed E-state index contributed by atoms with van der Waals surface area (Å²) in [4.78, 5) is 14.1. The second kappa shape index (κ2) is 8.79. The summed E-state index contributed by atoms with van der Waals surface area (Å²) in [6.45, 7) is 3.53. The van der Waals surface area contributed by atoms with Crippen molar-refractivity contribution in [2.45, 2.75) is 13.5 Å². The molecule has 2 aromatic carbocycles. The molecule has 0 unspecified atom stereocenters. The Hall–Kier alpha value is -2.35. The zero-order valence-corrected chi connectivity index (χ0v) is 19.4. The van der Waals surface area contributed by atoms with Gasteiger partial charge in [-0.3, -0.25) is 9.69 Å².